The van der Waals surface area contributed by atoms with Crippen molar-refractivity contribution in [3.05, 3.63) is 47.3 Å². The lowest BCUT2D eigenvalue weighted by molar-refractivity contribution is -0.137. The SMILES string of the molecule is C[C@@H]1CN(C(=O)c2cnn(-c3cccc(C(F)(F)F)c3)c2C2CC2)C[C@@H](C)O1. The third kappa shape index (κ3) is 3.65. The number of alkyl halides is 3. The third-order valence-electron chi connectivity index (χ3n) is 5.13. The fraction of sp³-hybridized carbons (Fsp3) is 0.500. The van der Waals surface area contributed by atoms with E-state index in [0.717, 1.165) is 25.0 Å². The zero-order chi connectivity index (χ0) is 20.1. The zero-order valence-electron chi connectivity index (χ0n) is 15.7. The van der Waals surface area contributed by atoms with E-state index in [9.17, 15) is 18.0 Å². The monoisotopic (exact) mass is 393 g/mol. The van der Waals surface area contributed by atoms with E-state index in [1.165, 1.54) is 16.9 Å². The van der Waals surface area contributed by atoms with Crippen LogP contribution in [0.3, 0.4) is 0 Å². The molecule has 1 saturated heterocycles. The zero-order valence-corrected chi connectivity index (χ0v) is 15.7. The summed E-state index contributed by atoms with van der Waals surface area (Å²) in [5.41, 5.74) is 0.766. The number of hydrogen-bond donors (Lipinski definition) is 0. The average molecular weight is 393 g/mol. The first kappa shape index (κ1) is 19.0. The largest absolute Gasteiger partial charge is 0.416 e. The average Bonchev–Trinajstić information content (AvgIpc) is 3.37. The Morgan fingerprint density at radius 2 is 1.86 bits per heavy atom. The molecule has 0 N–H and O–H groups in total. The molecule has 0 unspecified atom stereocenters. The third-order valence-corrected chi connectivity index (χ3v) is 5.13. The van der Waals surface area contributed by atoms with Gasteiger partial charge in [-0.2, -0.15) is 18.3 Å². The van der Waals surface area contributed by atoms with Crippen LogP contribution in [0.5, 0.6) is 0 Å². The van der Waals surface area contributed by atoms with E-state index < -0.39 is 11.7 Å². The van der Waals surface area contributed by atoms with Crippen LogP contribution in [-0.4, -0.2) is 45.9 Å². The van der Waals surface area contributed by atoms with Gasteiger partial charge in [-0.1, -0.05) is 6.07 Å². The molecule has 28 heavy (non-hydrogen) atoms. The highest BCUT2D eigenvalue weighted by Crippen LogP contribution is 2.43. The lowest BCUT2D eigenvalue weighted by Crippen LogP contribution is -2.48. The van der Waals surface area contributed by atoms with E-state index in [1.807, 2.05) is 13.8 Å². The van der Waals surface area contributed by atoms with Crippen LogP contribution in [0.1, 0.15) is 54.2 Å². The van der Waals surface area contributed by atoms with Gasteiger partial charge in [-0.05, 0) is 44.9 Å². The summed E-state index contributed by atoms with van der Waals surface area (Å²) in [4.78, 5) is 14.9. The molecule has 0 spiro atoms. The first-order valence-electron chi connectivity index (χ1n) is 9.44. The van der Waals surface area contributed by atoms with E-state index in [4.69, 9.17) is 4.74 Å². The summed E-state index contributed by atoms with van der Waals surface area (Å²) < 4.78 is 46.5. The number of amides is 1. The Labute approximate surface area is 161 Å². The van der Waals surface area contributed by atoms with Gasteiger partial charge >= 0.3 is 6.18 Å². The molecule has 2 heterocycles. The van der Waals surface area contributed by atoms with Gasteiger partial charge in [-0.15, -0.1) is 0 Å². The van der Waals surface area contributed by atoms with Crippen LogP contribution < -0.4 is 0 Å². The Morgan fingerprint density at radius 3 is 2.46 bits per heavy atom. The minimum atomic E-state index is -4.43. The van der Waals surface area contributed by atoms with E-state index in [-0.39, 0.29) is 24.0 Å². The predicted octanol–water partition coefficient (Wildman–Crippen LogP) is 4.02. The van der Waals surface area contributed by atoms with Gasteiger partial charge in [0.1, 0.15) is 0 Å². The number of nitrogens with zero attached hydrogens (tertiary/aromatic N) is 3. The highest BCUT2D eigenvalue weighted by atomic mass is 19.4. The molecule has 1 aliphatic heterocycles. The minimum Gasteiger partial charge on any atom is -0.372 e. The molecule has 1 amide bonds. The standard InChI is InChI=1S/C20H22F3N3O2/c1-12-10-25(11-13(2)28-12)19(27)17-9-24-26(18(17)14-6-7-14)16-5-3-4-15(8-16)20(21,22)23/h3-5,8-9,12-14H,6-7,10-11H2,1-2H3/t12-,13-/m1/s1. The maximum atomic E-state index is 13.2. The van der Waals surface area contributed by atoms with Crippen LogP contribution in [0.25, 0.3) is 5.69 Å². The van der Waals surface area contributed by atoms with E-state index >= 15 is 0 Å². The summed E-state index contributed by atoms with van der Waals surface area (Å²) in [7, 11) is 0. The molecular weight excluding hydrogens is 371 g/mol. The minimum absolute atomic E-state index is 0.0596. The first-order valence-corrected chi connectivity index (χ1v) is 9.44. The number of hydrogen-bond acceptors (Lipinski definition) is 3. The van der Waals surface area contributed by atoms with Gasteiger partial charge in [0.05, 0.1) is 40.9 Å². The molecule has 1 aromatic carbocycles. The summed E-state index contributed by atoms with van der Waals surface area (Å²) in [5, 5.41) is 4.30. The molecule has 2 fully saturated rings. The molecule has 0 radical (unpaired) electrons. The second-order valence-electron chi connectivity index (χ2n) is 7.65. The molecule has 150 valence electrons. The fourth-order valence-electron chi connectivity index (χ4n) is 3.81. The van der Waals surface area contributed by atoms with E-state index in [0.29, 0.717) is 30.0 Å². The molecule has 1 saturated carbocycles. The normalized spacial score (nSPS) is 23.1. The summed E-state index contributed by atoms with van der Waals surface area (Å²) in [5.74, 6) is 0.00834. The molecule has 2 aromatic rings. The van der Waals surface area contributed by atoms with Crippen molar-refractivity contribution < 1.29 is 22.7 Å². The number of carbonyl (C=O) groups excluding carboxylic acids is 1. The summed E-state index contributed by atoms with van der Waals surface area (Å²) in [6, 6.07) is 5.06. The smallest absolute Gasteiger partial charge is 0.372 e. The lowest BCUT2D eigenvalue weighted by Gasteiger charge is -2.35. The molecule has 4 rings (SSSR count). The second kappa shape index (κ2) is 6.92. The van der Waals surface area contributed by atoms with Crippen molar-refractivity contribution in [3.8, 4) is 5.69 Å². The molecule has 2 aliphatic rings. The highest BCUT2D eigenvalue weighted by Gasteiger charge is 2.36. The maximum Gasteiger partial charge on any atom is 0.416 e. The van der Waals surface area contributed by atoms with Crippen molar-refractivity contribution in [2.24, 2.45) is 0 Å². The number of carbonyl (C=O) groups is 1. The summed E-state index contributed by atoms with van der Waals surface area (Å²) in [6.45, 7) is 4.82. The Hall–Kier alpha value is -2.35. The van der Waals surface area contributed by atoms with Gasteiger partial charge in [0, 0.05) is 19.0 Å². The second-order valence-corrected chi connectivity index (χ2v) is 7.65. The Morgan fingerprint density at radius 1 is 1.18 bits per heavy atom. The fourth-order valence-corrected chi connectivity index (χ4v) is 3.81. The maximum absolute atomic E-state index is 13.2. The number of aromatic nitrogens is 2. The Balaban J connectivity index is 1.70. The number of benzene rings is 1. The molecule has 1 aliphatic carbocycles. The summed E-state index contributed by atoms with van der Waals surface area (Å²) >= 11 is 0. The predicted molar refractivity (Wildman–Crippen MR) is 96.5 cm³/mol. The van der Waals surface area contributed by atoms with Gasteiger partial charge in [0.15, 0.2) is 0 Å². The first-order chi connectivity index (χ1) is 13.2. The molecule has 8 heteroatoms. The number of halogens is 3. The molecular formula is C20H22F3N3O2. The lowest BCUT2D eigenvalue weighted by atomic mass is 10.1. The van der Waals surface area contributed by atoms with Gasteiger partial charge in [0.25, 0.3) is 5.91 Å². The highest BCUT2D eigenvalue weighted by molar-refractivity contribution is 5.95. The van der Waals surface area contributed by atoms with E-state index in [1.54, 1.807) is 11.0 Å². The quantitative estimate of drug-likeness (QED) is 0.792. The van der Waals surface area contributed by atoms with Crippen LogP contribution in [0, 0.1) is 0 Å². The van der Waals surface area contributed by atoms with Gasteiger partial charge in [-0.25, -0.2) is 4.68 Å². The van der Waals surface area contributed by atoms with Crippen LogP contribution in [0.15, 0.2) is 30.5 Å². The number of rotatable bonds is 3. The molecule has 5 nitrogen and oxygen atoms in total. The van der Waals surface area contributed by atoms with Crippen LogP contribution in [-0.2, 0) is 10.9 Å². The van der Waals surface area contributed by atoms with Crippen LogP contribution in [0.4, 0.5) is 13.2 Å². The van der Waals surface area contributed by atoms with Gasteiger partial charge < -0.3 is 9.64 Å². The van der Waals surface area contributed by atoms with Crippen molar-refractivity contribution >= 4 is 5.91 Å². The topological polar surface area (TPSA) is 47.4 Å². The number of ether oxygens (including phenoxy) is 1. The molecule has 2 atom stereocenters. The van der Waals surface area contributed by atoms with Gasteiger partial charge in [-0.3, -0.25) is 4.79 Å². The molecule has 0 bridgehead atoms. The van der Waals surface area contributed by atoms with Gasteiger partial charge in [0.2, 0.25) is 0 Å². The van der Waals surface area contributed by atoms with Crippen molar-refractivity contribution in [2.45, 2.75) is 51.0 Å². The van der Waals surface area contributed by atoms with Crippen molar-refractivity contribution in [2.75, 3.05) is 13.1 Å². The van der Waals surface area contributed by atoms with E-state index in [2.05, 4.69) is 5.10 Å². The van der Waals surface area contributed by atoms with Crippen molar-refractivity contribution in [1.82, 2.24) is 14.7 Å². The Kier molecular flexibility index (Phi) is 4.69. The van der Waals surface area contributed by atoms with Crippen molar-refractivity contribution in [3.63, 3.8) is 0 Å². The Bertz CT molecular complexity index is 879. The van der Waals surface area contributed by atoms with Crippen LogP contribution >= 0.6 is 0 Å². The molecule has 1 aromatic heterocycles. The van der Waals surface area contributed by atoms with Crippen LogP contribution in [0.2, 0.25) is 0 Å². The number of morpholine rings is 1. The van der Waals surface area contributed by atoms with Crippen molar-refractivity contribution in [1.29, 1.82) is 0 Å². The summed E-state index contributed by atoms with van der Waals surface area (Å²) in [6.07, 6.45) is -1.25.